The Morgan fingerprint density at radius 3 is 2.87 bits per heavy atom. The van der Waals surface area contributed by atoms with Gasteiger partial charge in [0.2, 0.25) is 5.91 Å². The zero-order valence-corrected chi connectivity index (χ0v) is 17.0. The summed E-state index contributed by atoms with van der Waals surface area (Å²) in [6, 6.07) is 9.44. The standard InChI is InChI=1S/C22H20N8O/c1-12(2)8-18(31)25-14-9-13(10-23-11-14)15-5-6-16-19(26-15)20(30-29-16)22-27-17-4-3-7-24-21(17)28-22/h3-7,9-12H,8H2,1-2H3,(H,25,31)(H,29,30)(H,24,27,28). The monoisotopic (exact) mass is 412 g/mol. The number of imidazole rings is 1. The van der Waals surface area contributed by atoms with E-state index in [1.807, 2.05) is 44.2 Å². The molecule has 5 heterocycles. The predicted octanol–water partition coefficient (Wildman–Crippen LogP) is 3.94. The van der Waals surface area contributed by atoms with Gasteiger partial charge in [-0.15, -0.1) is 0 Å². The summed E-state index contributed by atoms with van der Waals surface area (Å²) in [4.78, 5) is 33.2. The molecular formula is C22H20N8O. The van der Waals surface area contributed by atoms with Crippen LogP contribution in [0.15, 0.2) is 48.9 Å². The summed E-state index contributed by atoms with van der Waals surface area (Å²) in [5.41, 5.74) is 5.70. The summed E-state index contributed by atoms with van der Waals surface area (Å²) >= 11 is 0. The molecule has 0 aliphatic rings. The Balaban J connectivity index is 1.51. The Labute approximate surface area is 177 Å². The summed E-state index contributed by atoms with van der Waals surface area (Å²) in [6.45, 7) is 4.02. The van der Waals surface area contributed by atoms with E-state index in [0.29, 0.717) is 34.8 Å². The lowest BCUT2D eigenvalue weighted by atomic mass is 10.1. The number of hydrogen-bond acceptors (Lipinski definition) is 6. The van der Waals surface area contributed by atoms with Crippen molar-refractivity contribution in [3.63, 3.8) is 0 Å². The van der Waals surface area contributed by atoms with E-state index in [-0.39, 0.29) is 11.8 Å². The minimum Gasteiger partial charge on any atom is -0.335 e. The van der Waals surface area contributed by atoms with E-state index in [0.717, 1.165) is 22.3 Å². The van der Waals surface area contributed by atoms with Gasteiger partial charge in [-0.1, -0.05) is 13.8 Å². The summed E-state index contributed by atoms with van der Waals surface area (Å²) in [6.07, 6.45) is 5.51. The van der Waals surface area contributed by atoms with Crippen molar-refractivity contribution in [3.05, 3.63) is 48.9 Å². The van der Waals surface area contributed by atoms with Gasteiger partial charge in [0.1, 0.15) is 5.52 Å². The van der Waals surface area contributed by atoms with E-state index in [4.69, 9.17) is 4.98 Å². The SMILES string of the molecule is CC(C)CC(=O)Nc1cncc(-c2ccc3[nH]nc(-c4nc5ncccc5[nH]4)c3n2)c1. The van der Waals surface area contributed by atoms with Crippen molar-refractivity contribution in [2.45, 2.75) is 20.3 Å². The number of nitrogens with one attached hydrogen (secondary N) is 3. The molecule has 0 aliphatic heterocycles. The van der Waals surface area contributed by atoms with Gasteiger partial charge in [-0.2, -0.15) is 5.10 Å². The maximum absolute atomic E-state index is 12.1. The normalized spacial score (nSPS) is 11.5. The summed E-state index contributed by atoms with van der Waals surface area (Å²) in [7, 11) is 0. The van der Waals surface area contributed by atoms with Crippen molar-refractivity contribution in [2.75, 3.05) is 5.32 Å². The van der Waals surface area contributed by atoms with Gasteiger partial charge in [-0.25, -0.2) is 15.0 Å². The first kappa shape index (κ1) is 18.9. The predicted molar refractivity (Wildman–Crippen MR) is 118 cm³/mol. The Morgan fingerprint density at radius 2 is 2.03 bits per heavy atom. The van der Waals surface area contributed by atoms with Gasteiger partial charge in [0.15, 0.2) is 17.2 Å². The lowest BCUT2D eigenvalue weighted by Gasteiger charge is -2.08. The second-order valence-corrected chi connectivity index (χ2v) is 7.73. The molecule has 5 rings (SSSR count). The van der Waals surface area contributed by atoms with Gasteiger partial charge < -0.3 is 10.3 Å². The third kappa shape index (κ3) is 3.73. The molecular weight excluding hydrogens is 392 g/mol. The van der Waals surface area contributed by atoms with Crippen molar-refractivity contribution < 1.29 is 4.79 Å². The first-order valence-corrected chi connectivity index (χ1v) is 9.98. The van der Waals surface area contributed by atoms with Gasteiger partial charge in [-0.05, 0) is 36.2 Å². The number of amides is 1. The van der Waals surface area contributed by atoms with Gasteiger partial charge in [0.25, 0.3) is 0 Å². The van der Waals surface area contributed by atoms with E-state index in [1.54, 1.807) is 18.6 Å². The third-order valence-electron chi connectivity index (χ3n) is 4.80. The summed E-state index contributed by atoms with van der Waals surface area (Å²) in [5.74, 6) is 0.846. The Hall–Kier alpha value is -4.14. The van der Waals surface area contributed by atoms with Crippen LogP contribution in [0.3, 0.4) is 0 Å². The number of pyridine rings is 3. The molecule has 0 spiro atoms. The molecule has 0 saturated carbocycles. The van der Waals surface area contributed by atoms with Crippen molar-refractivity contribution in [3.8, 4) is 22.8 Å². The number of aromatic nitrogens is 7. The molecule has 9 heteroatoms. The van der Waals surface area contributed by atoms with Crippen LogP contribution >= 0.6 is 0 Å². The second-order valence-electron chi connectivity index (χ2n) is 7.73. The highest BCUT2D eigenvalue weighted by atomic mass is 16.1. The molecule has 0 aliphatic carbocycles. The summed E-state index contributed by atoms with van der Waals surface area (Å²) < 4.78 is 0. The fourth-order valence-electron chi connectivity index (χ4n) is 3.41. The van der Waals surface area contributed by atoms with Crippen LogP contribution in [0.25, 0.3) is 45.0 Å². The third-order valence-corrected chi connectivity index (χ3v) is 4.80. The number of aromatic amines is 2. The van der Waals surface area contributed by atoms with E-state index < -0.39 is 0 Å². The molecule has 154 valence electrons. The maximum atomic E-state index is 12.1. The molecule has 0 radical (unpaired) electrons. The van der Waals surface area contributed by atoms with E-state index in [2.05, 4.69) is 35.5 Å². The first-order chi connectivity index (χ1) is 15.1. The maximum Gasteiger partial charge on any atom is 0.224 e. The largest absolute Gasteiger partial charge is 0.335 e. The average molecular weight is 412 g/mol. The van der Waals surface area contributed by atoms with Crippen LogP contribution in [-0.2, 0) is 4.79 Å². The molecule has 0 bridgehead atoms. The molecule has 9 nitrogen and oxygen atoms in total. The number of carbonyl (C=O) groups is 1. The fourth-order valence-corrected chi connectivity index (χ4v) is 3.41. The molecule has 0 fully saturated rings. The topological polar surface area (TPSA) is 125 Å². The summed E-state index contributed by atoms with van der Waals surface area (Å²) in [5, 5.41) is 10.3. The molecule has 5 aromatic heterocycles. The van der Waals surface area contributed by atoms with Crippen LogP contribution in [0.2, 0.25) is 0 Å². The average Bonchev–Trinajstić information content (AvgIpc) is 3.36. The first-order valence-electron chi connectivity index (χ1n) is 9.98. The van der Waals surface area contributed by atoms with Crippen molar-refractivity contribution >= 4 is 33.8 Å². The van der Waals surface area contributed by atoms with Crippen molar-refractivity contribution in [1.29, 1.82) is 0 Å². The van der Waals surface area contributed by atoms with Crippen LogP contribution in [-0.4, -0.2) is 41.0 Å². The number of H-pyrrole nitrogens is 2. The van der Waals surface area contributed by atoms with Crippen molar-refractivity contribution in [1.82, 2.24) is 35.1 Å². The van der Waals surface area contributed by atoms with E-state index in [9.17, 15) is 4.79 Å². The van der Waals surface area contributed by atoms with Crippen LogP contribution in [0, 0.1) is 5.92 Å². The van der Waals surface area contributed by atoms with Crippen LogP contribution in [0.1, 0.15) is 20.3 Å². The highest BCUT2D eigenvalue weighted by Crippen LogP contribution is 2.28. The van der Waals surface area contributed by atoms with Gasteiger partial charge in [0, 0.05) is 24.4 Å². The highest BCUT2D eigenvalue weighted by molar-refractivity contribution is 5.92. The molecule has 5 aromatic rings. The number of hydrogen-bond donors (Lipinski definition) is 3. The number of carbonyl (C=O) groups excluding carboxylic acids is 1. The number of fused-ring (bicyclic) bond motifs is 2. The fraction of sp³-hybridized carbons (Fsp3) is 0.182. The number of anilines is 1. The second kappa shape index (κ2) is 7.60. The Bertz CT molecular complexity index is 1370. The van der Waals surface area contributed by atoms with Gasteiger partial charge >= 0.3 is 0 Å². The minimum absolute atomic E-state index is 0.0343. The van der Waals surface area contributed by atoms with Gasteiger partial charge in [-0.3, -0.25) is 14.9 Å². The number of rotatable bonds is 5. The molecule has 0 saturated heterocycles. The molecule has 0 unspecified atom stereocenters. The molecule has 1 amide bonds. The van der Waals surface area contributed by atoms with Crippen LogP contribution in [0.5, 0.6) is 0 Å². The molecule has 31 heavy (non-hydrogen) atoms. The zero-order chi connectivity index (χ0) is 21.4. The smallest absolute Gasteiger partial charge is 0.224 e. The van der Waals surface area contributed by atoms with Gasteiger partial charge in [0.05, 0.1) is 28.6 Å². The van der Waals surface area contributed by atoms with Crippen LogP contribution < -0.4 is 5.32 Å². The highest BCUT2D eigenvalue weighted by Gasteiger charge is 2.15. The Morgan fingerprint density at radius 1 is 1.13 bits per heavy atom. The zero-order valence-electron chi connectivity index (χ0n) is 17.0. The van der Waals surface area contributed by atoms with Crippen molar-refractivity contribution in [2.24, 2.45) is 5.92 Å². The van der Waals surface area contributed by atoms with E-state index >= 15 is 0 Å². The minimum atomic E-state index is -0.0343. The lowest BCUT2D eigenvalue weighted by molar-refractivity contribution is -0.116. The van der Waals surface area contributed by atoms with E-state index in [1.165, 1.54) is 0 Å². The quantitative estimate of drug-likeness (QED) is 0.401. The molecule has 0 aromatic carbocycles. The molecule has 3 N–H and O–H groups in total. The Kier molecular flexibility index (Phi) is 4.62. The van der Waals surface area contributed by atoms with Crippen LogP contribution in [0.4, 0.5) is 5.69 Å². The molecule has 0 atom stereocenters. The lowest BCUT2D eigenvalue weighted by Crippen LogP contribution is -2.14. The number of nitrogens with zero attached hydrogens (tertiary/aromatic N) is 5.